The zero-order valence-corrected chi connectivity index (χ0v) is 15.5. The maximum absolute atomic E-state index is 11.5. The number of esters is 5. The maximum Gasteiger partial charge on any atom is 0.303 e. The van der Waals surface area contributed by atoms with Crippen molar-refractivity contribution in [3.8, 4) is 0 Å². The van der Waals surface area contributed by atoms with Crippen LogP contribution in [0.15, 0.2) is 0 Å². The van der Waals surface area contributed by atoms with Gasteiger partial charge in [0.25, 0.3) is 0 Å². The lowest BCUT2D eigenvalue weighted by molar-refractivity contribution is -0.255. The molecule has 6 atom stereocenters. The largest absolute Gasteiger partial charge is 0.455 e. The quantitative estimate of drug-likeness (QED) is 0.455. The molecule has 1 saturated carbocycles. The Balaban J connectivity index is 3.46. The molecule has 0 aromatic heterocycles. The standard InChI is InChI=1S/C16H22O11/c1-6(17)23-12-11(22)13(24-7(2)18)15(26-9(4)20)16(27-10(5)21)14(12)25-8(3)19/h11-16,22H,1-5H3/t11?,12-,13-,14-,15+,16?/m1/s1. The zero-order valence-electron chi connectivity index (χ0n) is 15.5. The van der Waals surface area contributed by atoms with E-state index >= 15 is 0 Å². The number of ether oxygens (including phenoxy) is 5. The number of aliphatic hydroxyl groups is 1. The average molecular weight is 390 g/mol. The van der Waals surface area contributed by atoms with Gasteiger partial charge >= 0.3 is 29.8 Å². The molecule has 152 valence electrons. The van der Waals surface area contributed by atoms with E-state index in [4.69, 9.17) is 23.7 Å². The van der Waals surface area contributed by atoms with E-state index < -0.39 is 66.5 Å². The fraction of sp³-hybridized carbons (Fsp3) is 0.688. The lowest BCUT2D eigenvalue weighted by Gasteiger charge is -2.45. The second kappa shape index (κ2) is 9.31. The molecule has 1 N–H and O–H groups in total. The number of carbonyl (C=O) groups excluding carboxylic acids is 5. The first kappa shape index (κ1) is 22.4. The first-order valence-electron chi connectivity index (χ1n) is 7.98. The van der Waals surface area contributed by atoms with Crippen LogP contribution in [0.1, 0.15) is 34.6 Å². The number of hydrogen-bond donors (Lipinski definition) is 1. The fourth-order valence-corrected chi connectivity index (χ4v) is 2.77. The van der Waals surface area contributed by atoms with Crippen LogP contribution < -0.4 is 0 Å². The van der Waals surface area contributed by atoms with Gasteiger partial charge in [0.05, 0.1) is 0 Å². The van der Waals surface area contributed by atoms with Crippen molar-refractivity contribution >= 4 is 29.8 Å². The van der Waals surface area contributed by atoms with Crippen LogP contribution in [0.4, 0.5) is 0 Å². The molecule has 11 nitrogen and oxygen atoms in total. The minimum absolute atomic E-state index is 0.839. The van der Waals surface area contributed by atoms with Gasteiger partial charge in [0.2, 0.25) is 0 Å². The van der Waals surface area contributed by atoms with E-state index in [1.54, 1.807) is 0 Å². The van der Waals surface area contributed by atoms with Crippen LogP contribution in [0, 0.1) is 0 Å². The molecule has 0 saturated heterocycles. The second-order valence-electron chi connectivity index (χ2n) is 5.86. The van der Waals surface area contributed by atoms with Crippen molar-refractivity contribution in [2.24, 2.45) is 0 Å². The van der Waals surface area contributed by atoms with Crippen LogP contribution in [0.5, 0.6) is 0 Å². The minimum Gasteiger partial charge on any atom is -0.455 e. The van der Waals surface area contributed by atoms with Gasteiger partial charge in [-0.1, -0.05) is 0 Å². The summed E-state index contributed by atoms with van der Waals surface area (Å²) >= 11 is 0. The summed E-state index contributed by atoms with van der Waals surface area (Å²) < 4.78 is 25.2. The van der Waals surface area contributed by atoms with Crippen LogP contribution in [0.3, 0.4) is 0 Å². The summed E-state index contributed by atoms with van der Waals surface area (Å²) in [6, 6.07) is 0. The van der Waals surface area contributed by atoms with Gasteiger partial charge in [0.1, 0.15) is 6.10 Å². The summed E-state index contributed by atoms with van der Waals surface area (Å²) in [4.78, 5) is 57.4. The van der Waals surface area contributed by atoms with Crippen molar-refractivity contribution in [2.45, 2.75) is 71.2 Å². The van der Waals surface area contributed by atoms with Gasteiger partial charge in [-0.3, -0.25) is 24.0 Å². The van der Waals surface area contributed by atoms with Crippen LogP contribution >= 0.6 is 0 Å². The Morgan fingerprint density at radius 2 is 0.667 bits per heavy atom. The molecule has 0 heterocycles. The Morgan fingerprint density at radius 3 is 0.889 bits per heavy atom. The van der Waals surface area contributed by atoms with Crippen LogP contribution in [0.25, 0.3) is 0 Å². The molecule has 0 bridgehead atoms. The summed E-state index contributed by atoms with van der Waals surface area (Å²) in [6.07, 6.45) is -9.37. The SMILES string of the molecule is CC(=O)OC1[C@@H](OC(C)=O)[C@H](OC(C)=O)C(O)[C@@H](OC(C)=O)[C@H]1OC(C)=O. The van der Waals surface area contributed by atoms with Crippen molar-refractivity contribution in [1.82, 2.24) is 0 Å². The van der Waals surface area contributed by atoms with E-state index in [1.165, 1.54) is 0 Å². The van der Waals surface area contributed by atoms with Crippen molar-refractivity contribution < 1.29 is 52.8 Å². The Hall–Kier alpha value is -2.69. The lowest BCUT2D eigenvalue weighted by Crippen LogP contribution is -2.68. The normalized spacial score (nSPS) is 29.9. The third kappa shape index (κ3) is 6.20. The molecule has 1 aliphatic rings. The molecule has 27 heavy (non-hydrogen) atoms. The van der Waals surface area contributed by atoms with Crippen LogP contribution in [-0.2, 0) is 47.7 Å². The summed E-state index contributed by atoms with van der Waals surface area (Å²) in [6.45, 7) is 5.21. The van der Waals surface area contributed by atoms with E-state index in [0.717, 1.165) is 34.6 Å². The molecule has 0 spiro atoms. The zero-order chi connectivity index (χ0) is 20.9. The topological polar surface area (TPSA) is 152 Å². The molecule has 11 heteroatoms. The van der Waals surface area contributed by atoms with Crippen molar-refractivity contribution in [1.29, 1.82) is 0 Å². The number of aliphatic hydroxyl groups excluding tert-OH is 1. The molecule has 0 radical (unpaired) electrons. The first-order valence-corrected chi connectivity index (χ1v) is 7.98. The lowest BCUT2D eigenvalue weighted by atomic mass is 9.84. The van der Waals surface area contributed by atoms with Gasteiger partial charge in [-0.15, -0.1) is 0 Å². The molecule has 0 aromatic carbocycles. The van der Waals surface area contributed by atoms with Gasteiger partial charge in [0, 0.05) is 34.6 Å². The van der Waals surface area contributed by atoms with Gasteiger partial charge in [-0.2, -0.15) is 0 Å². The van der Waals surface area contributed by atoms with Gasteiger partial charge < -0.3 is 28.8 Å². The van der Waals surface area contributed by atoms with Crippen molar-refractivity contribution in [3.63, 3.8) is 0 Å². The minimum atomic E-state index is -1.74. The average Bonchev–Trinajstić information content (AvgIpc) is 2.49. The summed E-state index contributed by atoms with van der Waals surface area (Å²) in [5, 5.41) is 10.6. The van der Waals surface area contributed by atoms with E-state index in [2.05, 4.69) is 0 Å². The Kier molecular flexibility index (Phi) is 7.70. The third-order valence-electron chi connectivity index (χ3n) is 3.48. The number of carbonyl (C=O) groups is 5. The smallest absolute Gasteiger partial charge is 0.303 e. The Bertz CT molecular complexity index is 569. The molecule has 0 aliphatic heterocycles. The first-order chi connectivity index (χ1) is 12.4. The van der Waals surface area contributed by atoms with Crippen molar-refractivity contribution in [2.75, 3.05) is 0 Å². The number of hydrogen-bond acceptors (Lipinski definition) is 11. The summed E-state index contributed by atoms with van der Waals surface area (Å²) in [5.74, 6) is -4.20. The van der Waals surface area contributed by atoms with E-state index in [-0.39, 0.29) is 0 Å². The highest BCUT2D eigenvalue weighted by molar-refractivity contribution is 5.70. The predicted octanol–water partition coefficient (Wildman–Crippen LogP) is -0.981. The molecule has 1 fully saturated rings. The summed E-state index contributed by atoms with van der Waals surface area (Å²) in [7, 11) is 0. The van der Waals surface area contributed by atoms with Crippen molar-refractivity contribution in [3.05, 3.63) is 0 Å². The highest BCUT2D eigenvalue weighted by Crippen LogP contribution is 2.32. The van der Waals surface area contributed by atoms with Crippen LogP contribution in [-0.4, -0.2) is 71.6 Å². The van der Waals surface area contributed by atoms with Gasteiger partial charge in [0.15, 0.2) is 30.5 Å². The second-order valence-corrected chi connectivity index (χ2v) is 5.86. The van der Waals surface area contributed by atoms with Gasteiger partial charge in [-0.05, 0) is 0 Å². The number of rotatable bonds is 5. The third-order valence-corrected chi connectivity index (χ3v) is 3.48. The Labute approximate surface area is 154 Å². The molecule has 0 amide bonds. The molecule has 1 rings (SSSR count). The highest BCUT2D eigenvalue weighted by atomic mass is 16.7. The van der Waals surface area contributed by atoms with Gasteiger partial charge in [-0.25, -0.2) is 0 Å². The maximum atomic E-state index is 11.5. The predicted molar refractivity (Wildman–Crippen MR) is 83.8 cm³/mol. The van der Waals surface area contributed by atoms with Crippen LogP contribution in [0.2, 0.25) is 0 Å². The summed E-state index contributed by atoms with van der Waals surface area (Å²) in [5.41, 5.74) is 0. The van der Waals surface area contributed by atoms with E-state index in [0.29, 0.717) is 0 Å². The molecular weight excluding hydrogens is 368 g/mol. The molecule has 2 unspecified atom stereocenters. The van der Waals surface area contributed by atoms with E-state index in [9.17, 15) is 29.1 Å². The van der Waals surface area contributed by atoms with E-state index in [1.807, 2.05) is 0 Å². The fourth-order valence-electron chi connectivity index (χ4n) is 2.77. The molecule has 1 aliphatic carbocycles. The Morgan fingerprint density at radius 1 is 0.481 bits per heavy atom. The monoisotopic (exact) mass is 390 g/mol. The molecular formula is C16H22O11. The molecule has 0 aromatic rings. The highest BCUT2D eigenvalue weighted by Gasteiger charge is 2.58.